The highest BCUT2D eigenvalue weighted by Gasteiger charge is 2.15. The van der Waals surface area contributed by atoms with Crippen LogP contribution in [0.1, 0.15) is 12.6 Å². The van der Waals surface area contributed by atoms with Crippen LogP contribution in [0, 0.1) is 0 Å². The molecule has 0 spiro atoms. The molecule has 1 atom stereocenters. The smallest absolute Gasteiger partial charge is 0.147 e. The van der Waals surface area contributed by atoms with Gasteiger partial charge in [0.1, 0.15) is 5.15 Å². The molecule has 4 nitrogen and oxygen atoms in total. The van der Waals surface area contributed by atoms with Crippen molar-refractivity contribution >= 4 is 11.6 Å². The fourth-order valence-corrected chi connectivity index (χ4v) is 1.90. The molecule has 2 heterocycles. The van der Waals surface area contributed by atoms with E-state index >= 15 is 0 Å². The van der Waals surface area contributed by atoms with Crippen LogP contribution in [0.3, 0.4) is 0 Å². The van der Waals surface area contributed by atoms with Crippen molar-refractivity contribution in [1.82, 2.24) is 20.2 Å². The van der Waals surface area contributed by atoms with Crippen LogP contribution in [0.2, 0.25) is 5.15 Å². The van der Waals surface area contributed by atoms with E-state index in [1.54, 1.807) is 12.4 Å². The number of nitrogens with one attached hydrogen (secondary N) is 1. The lowest BCUT2D eigenvalue weighted by molar-refractivity contribution is 0.197. The monoisotopic (exact) mass is 226 g/mol. The van der Waals surface area contributed by atoms with Crippen molar-refractivity contribution in [3.8, 4) is 0 Å². The predicted molar refractivity (Wildman–Crippen MR) is 59.8 cm³/mol. The molecule has 82 valence electrons. The Morgan fingerprint density at radius 3 is 3.07 bits per heavy atom. The number of aromatic nitrogens is 2. The summed E-state index contributed by atoms with van der Waals surface area (Å²) in [4.78, 5) is 10.6. The summed E-state index contributed by atoms with van der Waals surface area (Å²) in [6, 6.07) is 0.555. The Kier molecular flexibility index (Phi) is 3.51. The number of hydrogen-bond acceptors (Lipinski definition) is 4. The lowest BCUT2D eigenvalue weighted by atomic mass is 10.2. The zero-order valence-corrected chi connectivity index (χ0v) is 9.54. The minimum Gasteiger partial charge on any atom is -0.312 e. The van der Waals surface area contributed by atoms with Gasteiger partial charge in [-0.2, -0.15) is 0 Å². The van der Waals surface area contributed by atoms with E-state index in [1.807, 2.05) is 0 Å². The first-order valence-corrected chi connectivity index (χ1v) is 5.54. The third-order valence-corrected chi connectivity index (χ3v) is 2.71. The molecule has 1 saturated heterocycles. The highest BCUT2D eigenvalue weighted by atomic mass is 35.5. The number of rotatable bonds is 2. The van der Waals surface area contributed by atoms with Crippen LogP contribution < -0.4 is 5.32 Å². The van der Waals surface area contributed by atoms with Crippen LogP contribution in [0.25, 0.3) is 0 Å². The molecule has 1 aliphatic rings. The van der Waals surface area contributed by atoms with Crippen LogP contribution in [0.5, 0.6) is 0 Å². The standard InChI is InChI=1S/C10H15ClN4/c1-8-6-15(3-2-12-8)7-9-4-14-10(11)5-13-9/h4-5,8,12H,2-3,6-7H2,1H3. The molecule has 0 saturated carbocycles. The molecular formula is C10H15ClN4. The van der Waals surface area contributed by atoms with E-state index in [4.69, 9.17) is 11.6 Å². The van der Waals surface area contributed by atoms with Crippen LogP contribution in [-0.4, -0.2) is 40.5 Å². The zero-order valence-electron chi connectivity index (χ0n) is 8.78. The van der Waals surface area contributed by atoms with Crippen LogP contribution in [-0.2, 0) is 6.54 Å². The SMILES string of the molecule is CC1CN(Cc2cnc(Cl)cn2)CCN1. The lowest BCUT2D eigenvalue weighted by Gasteiger charge is -2.31. The largest absolute Gasteiger partial charge is 0.312 e. The summed E-state index contributed by atoms with van der Waals surface area (Å²) >= 11 is 5.68. The Morgan fingerprint density at radius 2 is 2.40 bits per heavy atom. The van der Waals surface area contributed by atoms with Gasteiger partial charge in [0.15, 0.2) is 0 Å². The van der Waals surface area contributed by atoms with E-state index in [-0.39, 0.29) is 0 Å². The summed E-state index contributed by atoms with van der Waals surface area (Å²) in [5.74, 6) is 0. The van der Waals surface area contributed by atoms with Crippen LogP contribution in [0.15, 0.2) is 12.4 Å². The second-order valence-corrected chi connectivity index (χ2v) is 4.31. The summed E-state index contributed by atoms with van der Waals surface area (Å²) in [6.07, 6.45) is 3.34. The first kappa shape index (κ1) is 10.8. The van der Waals surface area contributed by atoms with Crippen molar-refractivity contribution in [2.45, 2.75) is 19.5 Å². The number of halogens is 1. The maximum Gasteiger partial charge on any atom is 0.147 e. The Hall–Kier alpha value is -0.710. The Labute approximate surface area is 94.7 Å². The summed E-state index contributed by atoms with van der Waals surface area (Å²) < 4.78 is 0. The van der Waals surface area contributed by atoms with Crippen molar-refractivity contribution in [2.75, 3.05) is 19.6 Å². The van der Waals surface area contributed by atoms with Crippen molar-refractivity contribution in [2.24, 2.45) is 0 Å². The molecule has 1 N–H and O–H groups in total. The van der Waals surface area contributed by atoms with E-state index in [9.17, 15) is 0 Å². The van der Waals surface area contributed by atoms with Crippen molar-refractivity contribution in [3.05, 3.63) is 23.2 Å². The summed E-state index contributed by atoms with van der Waals surface area (Å²) in [5, 5.41) is 3.86. The number of nitrogens with zero attached hydrogens (tertiary/aromatic N) is 3. The van der Waals surface area contributed by atoms with Crippen molar-refractivity contribution in [1.29, 1.82) is 0 Å². The minimum absolute atomic E-state index is 0.451. The molecule has 15 heavy (non-hydrogen) atoms. The topological polar surface area (TPSA) is 41.1 Å². The molecule has 0 radical (unpaired) electrons. The zero-order chi connectivity index (χ0) is 10.7. The normalized spacial score (nSPS) is 22.9. The van der Waals surface area contributed by atoms with Gasteiger partial charge in [-0.25, -0.2) is 4.98 Å². The first-order valence-electron chi connectivity index (χ1n) is 5.16. The summed E-state index contributed by atoms with van der Waals surface area (Å²) in [6.45, 7) is 6.22. The first-order chi connectivity index (χ1) is 7.24. The third kappa shape index (κ3) is 3.12. The average molecular weight is 227 g/mol. The van der Waals surface area contributed by atoms with Gasteiger partial charge in [0.2, 0.25) is 0 Å². The van der Waals surface area contributed by atoms with Gasteiger partial charge in [0.25, 0.3) is 0 Å². The second-order valence-electron chi connectivity index (χ2n) is 3.92. The average Bonchev–Trinajstić information content (AvgIpc) is 2.22. The molecule has 1 aromatic heterocycles. The van der Waals surface area contributed by atoms with E-state index in [0.29, 0.717) is 11.2 Å². The minimum atomic E-state index is 0.451. The van der Waals surface area contributed by atoms with Crippen molar-refractivity contribution < 1.29 is 0 Å². The Bertz CT molecular complexity index is 314. The fourth-order valence-electron chi connectivity index (χ4n) is 1.81. The maximum atomic E-state index is 5.68. The molecule has 0 aliphatic carbocycles. The Morgan fingerprint density at radius 1 is 1.53 bits per heavy atom. The molecule has 1 aromatic rings. The van der Waals surface area contributed by atoms with E-state index < -0.39 is 0 Å². The van der Waals surface area contributed by atoms with E-state index in [0.717, 1.165) is 31.9 Å². The second kappa shape index (κ2) is 4.88. The molecule has 1 fully saturated rings. The molecule has 0 amide bonds. The molecule has 5 heteroatoms. The van der Waals surface area contributed by atoms with Gasteiger partial charge in [-0.1, -0.05) is 11.6 Å². The van der Waals surface area contributed by atoms with Gasteiger partial charge in [-0.05, 0) is 6.92 Å². The van der Waals surface area contributed by atoms with Gasteiger partial charge in [-0.3, -0.25) is 9.88 Å². The lowest BCUT2D eigenvalue weighted by Crippen LogP contribution is -2.48. The molecule has 0 bridgehead atoms. The summed E-state index contributed by atoms with van der Waals surface area (Å²) in [7, 11) is 0. The third-order valence-electron chi connectivity index (χ3n) is 2.51. The number of hydrogen-bond donors (Lipinski definition) is 1. The van der Waals surface area contributed by atoms with Gasteiger partial charge < -0.3 is 5.32 Å². The predicted octanol–water partition coefficient (Wildman–Crippen LogP) is 0.924. The number of piperazine rings is 1. The molecule has 1 aliphatic heterocycles. The van der Waals surface area contributed by atoms with E-state index in [1.165, 1.54) is 0 Å². The van der Waals surface area contributed by atoms with E-state index in [2.05, 4.69) is 27.1 Å². The molecule has 2 rings (SSSR count). The maximum absolute atomic E-state index is 5.68. The van der Waals surface area contributed by atoms with Gasteiger partial charge in [-0.15, -0.1) is 0 Å². The molecular weight excluding hydrogens is 212 g/mol. The summed E-state index contributed by atoms with van der Waals surface area (Å²) in [5.41, 5.74) is 0.980. The van der Waals surface area contributed by atoms with Crippen LogP contribution in [0.4, 0.5) is 0 Å². The van der Waals surface area contributed by atoms with Gasteiger partial charge >= 0.3 is 0 Å². The Balaban J connectivity index is 1.93. The quantitative estimate of drug-likeness (QED) is 0.815. The highest BCUT2D eigenvalue weighted by molar-refractivity contribution is 6.29. The highest BCUT2D eigenvalue weighted by Crippen LogP contribution is 2.06. The fraction of sp³-hybridized carbons (Fsp3) is 0.600. The van der Waals surface area contributed by atoms with Crippen molar-refractivity contribution in [3.63, 3.8) is 0 Å². The van der Waals surface area contributed by atoms with Crippen LogP contribution >= 0.6 is 11.6 Å². The van der Waals surface area contributed by atoms with Gasteiger partial charge in [0.05, 0.1) is 18.1 Å². The molecule has 0 aromatic carbocycles. The van der Waals surface area contributed by atoms with Gasteiger partial charge in [0, 0.05) is 32.2 Å². The molecule has 1 unspecified atom stereocenters.